The maximum absolute atomic E-state index is 12.3. The molecule has 0 fully saturated rings. The van der Waals surface area contributed by atoms with Crippen LogP contribution in [0.1, 0.15) is 26.3 Å². The van der Waals surface area contributed by atoms with Gasteiger partial charge in [-0.1, -0.05) is 24.3 Å². The first kappa shape index (κ1) is 16.9. The van der Waals surface area contributed by atoms with Crippen LogP contribution in [0, 0.1) is 0 Å². The minimum Gasteiger partial charge on any atom is -0.437 e. The topological polar surface area (TPSA) is 125 Å². The van der Waals surface area contributed by atoms with Crippen molar-refractivity contribution in [2.45, 2.75) is 6.54 Å². The first-order chi connectivity index (χ1) is 11.5. The van der Waals surface area contributed by atoms with Crippen molar-refractivity contribution in [3.05, 3.63) is 61.8 Å². The third kappa shape index (κ3) is 3.46. The zero-order valence-corrected chi connectivity index (χ0v) is 12.5. The lowest BCUT2D eigenvalue weighted by molar-refractivity contribution is 0.109. The van der Waals surface area contributed by atoms with Crippen LogP contribution in [-0.2, 0) is 11.3 Å². The summed E-state index contributed by atoms with van der Waals surface area (Å²) < 4.78 is 9.59. The fourth-order valence-electron chi connectivity index (χ4n) is 1.90. The average molecular weight is 332 g/mol. The molecule has 9 heteroatoms. The van der Waals surface area contributed by atoms with E-state index in [0.717, 1.165) is 11.7 Å². The Balaban J connectivity index is 2.45. The van der Waals surface area contributed by atoms with Gasteiger partial charge in [0.25, 0.3) is 5.56 Å². The number of ether oxygens (including phenoxy) is 2. The molecule has 0 saturated carbocycles. The van der Waals surface area contributed by atoms with E-state index >= 15 is 0 Å². The molecule has 124 valence electrons. The molecule has 0 aliphatic heterocycles. The lowest BCUT2D eigenvalue weighted by atomic mass is 10.1. The SMILES string of the molecule is COC(=O)Oc1[nH]c(=O)n(Cc2ccc(C=O)cc2)c(=O)c1C=O. The maximum Gasteiger partial charge on any atom is 0.514 e. The van der Waals surface area contributed by atoms with Gasteiger partial charge >= 0.3 is 11.8 Å². The van der Waals surface area contributed by atoms with E-state index in [1.165, 1.54) is 12.1 Å². The number of hydrogen-bond acceptors (Lipinski definition) is 7. The van der Waals surface area contributed by atoms with Gasteiger partial charge in [-0.05, 0) is 5.56 Å². The molecular formula is C15H12N2O7. The molecule has 0 saturated heterocycles. The van der Waals surface area contributed by atoms with Gasteiger partial charge < -0.3 is 9.47 Å². The Morgan fingerprint density at radius 2 is 1.83 bits per heavy atom. The van der Waals surface area contributed by atoms with Crippen molar-refractivity contribution in [2.24, 2.45) is 0 Å². The summed E-state index contributed by atoms with van der Waals surface area (Å²) >= 11 is 0. The van der Waals surface area contributed by atoms with Crippen molar-refractivity contribution in [1.82, 2.24) is 9.55 Å². The molecular weight excluding hydrogens is 320 g/mol. The summed E-state index contributed by atoms with van der Waals surface area (Å²) in [5.74, 6) is -0.584. The molecule has 1 heterocycles. The largest absolute Gasteiger partial charge is 0.514 e. The van der Waals surface area contributed by atoms with E-state index < -0.39 is 28.8 Å². The number of benzene rings is 1. The lowest BCUT2D eigenvalue weighted by Crippen LogP contribution is -2.38. The predicted molar refractivity (Wildman–Crippen MR) is 80.7 cm³/mol. The molecule has 0 bridgehead atoms. The highest BCUT2D eigenvalue weighted by Crippen LogP contribution is 2.08. The molecule has 2 rings (SSSR count). The first-order valence-electron chi connectivity index (χ1n) is 6.62. The fraction of sp³-hybridized carbons (Fsp3) is 0.133. The quantitative estimate of drug-likeness (QED) is 0.619. The Hall–Kier alpha value is -3.49. The molecule has 0 radical (unpaired) electrons. The number of carbonyl (C=O) groups is 3. The van der Waals surface area contributed by atoms with Gasteiger partial charge in [0.1, 0.15) is 11.8 Å². The van der Waals surface area contributed by atoms with Crippen molar-refractivity contribution in [1.29, 1.82) is 0 Å². The summed E-state index contributed by atoms with van der Waals surface area (Å²) in [6, 6.07) is 6.18. The number of hydrogen-bond donors (Lipinski definition) is 1. The van der Waals surface area contributed by atoms with E-state index in [0.29, 0.717) is 17.4 Å². The lowest BCUT2D eigenvalue weighted by Gasteiger charge is -2.09. The zero-order chi connectivity index (χ0) is 17.7. The fourth-order valence-corrected chi connectivity index (χ4v) is 1.90. The number of aromatic nitrogens is 2. The third-order valence-electron chi connectivity index (χ3n) is 3.11. The Bertz CT molecular complexity index is 894. The number of rotatable bonds is 5. The number of methoxy groups -OCH3 is 1. The van der Waals surface area contributed by atoms with Gasteiger partial charge in [-0.3, -0.25) is 23.9 Å². The molecule has 0 amide bonds. The molecule has 1 aromatic carbocycles. The van der Waals surface area contributed by atoms with Gasteiger partial charge in [0.15, 0.2) is 6.29 Å². The normalized spacial score (nSPS) is 10.0. The second-order valence-corrected chi connectivity index (χ2v) is 4.60. The van der Waals surface area contributed by atoms with E-state index in [1.807, 2.05) is 0 Å². The van der Waals surface area contributed by atoms with Gasteiger partial charge in [0, 0.05) is 5.56 Å². The highest BCUT2D eigenvalue weighted by molar-refractivity contribution is 5.79. The third-order valence-corrected chi connectivity index (χ3v) is 3.11. The number of nitrogens with zero attached hydrogens (tertiary/aromatic N) is 1. The number of H-pyrrole nitrogens is 1. The summed E-state index contributed by atoms with van der Waals surface area (Å²) in [6.45, 7) is -0.132. The summed E-state index contributed by atoms with van der Waals surface area (Å²) in [6.07, 6.45) is -0.357. The van der Waals surface area contributed by atoms with Crippen LogP contribution in [0.15, 0.2) is 33.9 Å². The van der Waals surface area contributed by atoms with E-state index in [2.05, 4.69) is 14.5 Å². The maximum atomic E-state index is 12.3. The van der Waals surface area contributed by atoms with E-state index in [-0.39, 0.29) is 12.8 Å². The van der Waals surface area contributed by atoms with E-state index in [4.69, 9.17) is 0 Å². The molecule has 0 aliphatic rings. The van der Waals surface area contributed by atoms with Crippen molar-refractivity contribution in [3.8, 4) is 5.88 Å². The molecule has 0 spiro atoms. The van der Waals surface area contributed by atoms with Crippen LogP contribution < -0.4 is 16.0 Å². The molecule has 2 aromatic rings. The van der Waals surface area contributed by atoms with Crippen LogP contribution in [-0.4, -0.2) is 35.4 Å². The van der Waals surface area contributed by atoms with Crippen molar-refractivity contribution < 1.29 is 23.9 Å². The smallest absolute Gasteiger partial charge is 0.437 e. The summed E-state index contributed by atoms with van der Waals surface area (Å²) in [5.41, 5.74) is -1.32. The Labute approximate surface area is 134 Å². The van der Waals surface area contributed by atoms with Crippen molar-refractivity contribution in [3.63, 3.8) is 0 Å². The number of aldehydes is 2. The molecule has 0 unspecified atom stereocenters. The van der Waals surface area contributed by atoms with Gasteiger partial charge in [-0.15, -0.1) is 0 Å². The summed E-state index contributed by atoms with van der Waals surface area (Å²) in [5, 5.41) is 0. The molecule has 1 N–H and O–H groups in total. The standard InChI is InChI=1S/C15H12N2O7/c1-23-15(22)24-12-11(8-19)13(20)17(14(21)16-12)6-9-2-4-10(7-18)5-3-9/h2-5,7-8H,6H2,1H3,(H,16,21). The van der Waals surface area contributed by atoms with Gasteiger partial charge in [0.2, 0.25) is 5.88 Å². The van der Waals surface area contributed by atoms with Crippen LogP contribution >= 0.6 is 0 Å². The summed E-state index contributed by atoms with van der Waals surface area (Å²) in [4.78, 5) is 59.3. The van der Waals surface area contributed by atoms with Crippen LogP contribution in [0.3, 0.4) is 0 Å². The molecule has 9 nitrogen and oxygen atoms in total. The molecule has 24 heavy (non-hydrogen) atoms. The second kappa shape index (κ2) is 7.18. The van der Waals surface area contributed by atoms with E-state index in [1.54, 1.807) is 12.1 Å². The van der Waals surface area contributed by atoms with Crippen LogP contribution in [0.2, 0.25) is 0 Å². The monoisotopic (exact) mass is 332 g/mol. The van der Waals surface area contributed by atoms with Gasteiger partial charge in [0.05, 0.1) is 13.7 Å². The van der Waals surface area contributed by atoms with Crippen molar-refractivity contribution >= 4 is 18.7 Å². The van der Waals surface area contributed by atoms with Crippen LogP contribution in [0.4, 0.5) is 4.79 Å². The van der Waals surface area contributed by atoms with Crippen LogP contribution in [0.25, 0.3) is 0 Å². The zero-order valence-electron chi connectivity index (χ0n) is 12.5. The minimum atomic E-state index is -1.18. The van der Waals surface area contributed by atoms with Crippen molar-refractivity contribution in [2.75, 3.05) is 7.11 Å². The number of carbonyl (C=O) groups excluding carboxylic acids is 3. The second-order valence-electron chi connectivity index (χ2n) is 4.60. The highest BCUT2D eigenvalue weighted by atomic mass is 16.7. The van der Waals surface area contributed by atoms with Crippen LogP contribution in [0.5, 0.6) is 5.88 Å². The molecule has 0 aliphatic carbocycles. The number of nitrogens with one attached hydrogen (secondary N) is 1. The average Bonchev–Trinajstić information content (AvgIpc) is 2.59. The highest BCUT2D eigenvalue weighted by Gasteiger charge is 2.18. The number of aromatic amines is 1. The Morgan fingerprint density at radius 3 is 2.38 bits per heavy atom. The summed E-state index contributed by atoms with van der Waals surface area (Å²) in [7, 11) is 1.03. The first-order valence-corrected chi connectivity index (χ1v) is 6.62. The predicted octanol–water partition coefficient (Wildman–Crippen LogP) is 0.355. The molecule has 0 atom stereocenters. The van der Waals surface area contributed by atoms with E-state index in [9.17, 15) is 24.0 Å². The van der Waals surface area contributed by atoms with Gasteiger partial charge in [-0.25, -0.2) is 9.59 Å². The molecule has 1 aromatic heterocycles. The van der Waals surface area contributed by atoms with Gasteiger partial charge in [-0.2, -0.15) is 0 Å². The Morgan fingerprint density at radius 1 is 1.17 bits per heavy atom. The Kier molecular flexibility index (Phi) is 5.05. The minimum absolute atomic E-state index is 0.132.